The number of hydrogen-bond acceptors (Lipinski definition) is 6. The minimum Gasteiger partial charge on any atom is -0.454 e. The van der Waals surface area contributed by atoms with Gasteiger partial charge in [0.2, 0.25) is 0 Å². The van der Waals surface area contributed by atoms with E-state index in [1.165, 1.54) is 11.8 Å². The molecule has 1 aliphatic carbocycles. The molecule has 0 N–H and O–H groups in total. The SMILES string of the molecule is CSc1nc(C2CC2)cc(C(=O)OCC(=O)c2ccc(C(C)C)cc2)c1C#N. The highest BCUT2D eigenvalue weighted by molar-refractivity contribution is 7.98. The van der Waals surface area contributed by atoms with Crippen molar-refractivity contribution in [2.45, 2.75) is 43.6 Å². The lowest BCUT2D eigenvalue weighted by atomic mass is 10.0. The molecule has 0 amide bonds. The van der Waals surface area contributed by atoms with Crippen molar-refractivity contribution < 1.29 is 14.3 Å². The lowest BCUT2D eigenvalue weighted by Crippen LogP contribution is -2.16. The van der Waals surface area contributed by atoms with Crippen LogP contribution in [0.3, 0.4) is 0 Å². The first kappa shape index (κ1) is 20.1. The van der Waals surface area contributed by atoms with Crippen LogP contribution in [0.5, 0.6) is 0 Å². The minimum absolute atomic E-state index is 0.187. The Kier molecular flexibility index (Phi) is 6.15. The highest BCUT2D eigenvalue weighted by Gasteiger charge is 2.29. The Hall–Kier alpha value is -2.65. The molecule has 3 rings (SSSR count). The molecule has 0 radical (unpaired) electrons. The van der Waals surface area contributed by atoms with Gasteiger partial charge in [0.05, 0.1) is 11.1 Å². The number of esters is 1. The molecule has 0 saturated heterocycles. The molecule has 1 heterocycles. The number of aromatic nitrogens is 1. The van der Waals surface area contributed by atoms with E-state index in [1.807, 2.05) is 24.5 Å². The van der Waals surface area contributed by atoms with Crippen LogP contribution < -0.4 is 0 Å². The van der Waals surface area contributed by atoms with Crippen LogP contribution in [0.25, 0.3) is 0 Å². The molecule has 2 aromatic rings. The van der Waals surface area contributed by atoms with Gasteiger partial charge in [-0.05, 0) is 36.6 Å². The molecule has 0 aliphatic heterocycles. The Morgan fingerprint density at radius 2 is 1.96 bits per heavy atom. The van der Waals surface area contributed by atoms with Gasteiger partial charge in [-0.15, -0.1) is 11.8 Å². The summed E-state index contributed by atoms with van der Waals surface area (Å²) in [6.07, 6.45) is 3.89. The fourth-order valence-corrected chi connectivity index (χ4v) is 3.45. The van der Waals surface area contributed by atoms with E-state index >= 15 is 0 Å². The monoisotopic (exact) mass is 394 g/mol. The van der Waals surface area contributed by atoms with Crippen LogP contribution in [-0.2, 0) is 4.74 Å². The Labute approximate surface area is 169 Å². The summed E-state index contributed by atoms with van der Waals surface area (Å²) in [5.41, 5.74) is 2.84. The molecule has 1 aliphatic rings. The number of nitriles is 1. The van der Waals surface area contributed by atoms with Gasteiger partial charge in [0, 0.05) is 17.2 Å². The zero-order valence-corrected chi connectivity index (χ0v) is 17.0. The van der Waals surface area contributed by atoms with Gasteiger partial charge in [-0.1, -0.05) is 38.1 Å². The molecule has 6 heteroatoms. The molecule has 0 unspecified atom stereocenters. The third-order valence-electron chi connectivity index (χ3n) is 4.76. The van der Waals surface area contributed by atoms with E-state index in [4.69, 9.17) is 4.74 Å². The highest BCUT2D eigenvalue weighted by Crippen LogP contribution is 2.40. The topological polar surface area (TPSA) is 80.0 Å². The maximum atomic E-state index is 12.6. The molecular weight excluding hydrogens is 372 g/mol. The molecule has 1 saturated carbocycles. The van der Waals surface area contributed by atoms with Crippen molar-refractivity contribution in [3.05, 3.63) is 58.3 Å². The van der Waals surface area contributed by atoms with Crippen molar-refractivity contribution in [1.29, 1.82) is 5.26 Å². The molecule has 1 aromatic carbocycles. The van der Waals surface area contributed by atoms with Crippen LogP contribution in [0, 0.1) is 11.3 Å². The van der Waals surface area contributed by atoms with E-state index < -0.39 is 5.97 Å². The smallest absolute Gasteiger partial charge is 0.340 e. The second-order valence-electron chi connectivity index (χ2n) is 7.14. The largest absolute Gasteiger partial charge is 0.454 e. The minimum atomic E-state index is -0.664. The van der Waals surface area contributed by atoms with Crippen LogP contribution in [0.1, 0.15) is 76.1 Å². The van der Waals surface area contributed by atoms with E-state index in [0.717, 1.165) is 24.1 Å². The molecule has 1 fully saturated rings. The van der Waals surface area contributed by atoms with Crippen molar-refractivity contribution >= 4 is 23.5 Å². The fraction of sp³-hybridized carbons (Fsp3) is 0.364. The third-order valence-corrected chi connectivity index (χ3v) is 5.44. The number of hydrogen-bond donors (Lipinski definition) is 0. The van der Waals surface area contributed by atoms with Gasteiger partial charge in [0.1, 0.15) is 11.1 Å². The van der Waals surface area contributed by atoms with E-state index in [2.05, 4.69) is 18.8 Å². The first-order valence-corrected chi connectivity index (χ1v) is 10.5. The summed E-state index contributed by atoms with van der Waals surface area (Å²) < 4.78 is 5.24. The Morgan fingerprint density at radius 3 is 2.50 bits per heavy atom. The second-order valence-corrected chi connectivity index (χ2v) is 7.94. The third kappa shape index (κ3) is 4.42. The zero-order valence-electron chi connectivity index (χ0n) is 16.2. The number of benzene rings is 1. The second kappa shape index (κ2) is 8.57. The summed E-state index contributed by atoms with van der Waals surface area (Å²) in [6, 6.07) is 11.0. The zero-order chi connectivity index (χ0) is 20.3. The van der Waals surface area contributed by atoms with Gasteiger partial charge in [-0.25, -0.2) is 9.78 Å². The average Bonchev–Trinajstić information content (AvgIpc) is 3.56. The summed E-state index contributed by atoms with van der Waals surface area (Å²) in [7, 11) is 0. The first-order chi connectivity index (χ1) is 13.4. The first-order valence-electron chi connectivity index (χ1n) is 9.24. The van der Waals surface area contributed by atoms with Crippen molar-refractivity contribution in [3.8, 4) is 6.07 Å². The predicted octanol–water partition coefficient (Wildman–Crippen LogP) is 4.72. The van der Waals surface area contributed by atoms with Crippen molar-refractivity contribution in [2.75, 3.05) is 12.9 Å². The van der Waals surface area contributed by atoms with Crippen LogP contribution in [-0.4, -0.2) is 29.6 Å². The van der Waals surface area contributed by atoms with E-state index in [0.29, 0.717) is 22.4 Å². The van der Waals surface area contributed by atoms with Crippen LogP contribution >= 0.6 is 11.8 Å². The normalized spacial score (nSPS) is 13.2. The molecule has 0 atom stereocenters. The van der Waals surface area contributed by atoms with Crippen molar-refractivity contribution in [3.63, 3.8) is 0 Å². The number of ether oxygens (including phenoxy) is 1. The fourth-order valence-electron chi connectivity index (χ4n) is 2.89. The molecule has 0 spiro atoms. The van der Waals surface area contributed by atoms with Crippen LogP contribution in [0.4, 0.5) is 0 Å². The van der Waals surface area contributed by atoms with E-state index in [-0.39, 0.29) is 23.5 Å². The lowest BCUT2D eigenvalue weighted by molar-refractivity contribution is 0.0474. The summed E-state index contributed by atoms with van der Waals surface area (Å²) in [4.78, 5) is 29.5. The number of rotatable bonds is 7. The lowest BCUT2D eigenvalue weighted by Gasteiger charge is -2.11. The number of Topliss-reactive ketones (excluding diaryl/α,β-unsaturated/α-hetero) is 1. The highest BCUT2D eigenvalue weighted by atomic mass is 32.2. The number of carbonyl (C=O) groups excluding carboxylic acids is 2. The number of pyridine rings is 1. The Bertz CT molecular complexity index is 941. The maximum absolute atomic E-state index is 12.6. The number of carbonyl (C=O) groups is 2. The summed E-state index contributed by atoms with van der Waals surface area (Å²) in [5.74, 6) is -0.220. The van der Waals surface area contributed by atoms with Crippen molar-refractivity contribution in [1.82, 2.24) is 4.98 Å². The molecule has 5 nitrogen and oxygen atoms in total. The van der Waals surface area contributed by atoms with Crippen LogP contribution in [0.15, 0.2) is 35.4 Å². The predicted molar refractivity (Wildman–Crippen MR) is 108 cm³/mol. The summed E-state index contributed by atoms with van der Waals surface area (Å²) in [6.45, 7) is 3.80. The van der Waals surface area contributed by atoms with Gasteiger partial charge in [-0.3, -0.25) is 4.79 Å². The Morgan fingerprint density at radius 1 is 1.29 bits per heavy atom. The van der Waals surface area contributed by atoms with E-state index in [9.17, 15) is 14.9 Å². The quantitative estimate of drug-likeness (QED) is 0.384. The van der Waals surface area contributed by atoms with Crippen LogP contribution in [0.2, 0.25) is 0 Å². The van der Waals surface area contributed by atoms with Gasteiger partial charge < -0.3 is 4.74 Å². The standard InChI is InChI=1S/C22H22N2O3S/c1-13(2)14-4-8-16(9-5-14)20(25)12-27-22(26)17-10-19(15-6-7-15)24-21(28-3)18(17)11-23/h4-5,8-10,13,15H,6-7,12H2,1-3H3. The number of ketones is 1. The molecular formula is C22H22N2O3S. The summed E-state index contributed by atoms with van der Waals surface area (Å²) in [5, 5.41) is 10.00. The molecule has 1 aromatic heterocycles. The van der Waals surface area contributed by atoms with Crippen molar-refractivity contribution in [2.24, 2.45) is 0 Å². The van der Waals surface area contributed by atoms with E-state index in [1.54, 1.807) is 18.2 Å². The molecule has 144 valence electrons. The number of thioether (sulfide) groups is 1. The average molecular weight is 394 g/mol. The van der Waals surface area contributed by atoms with Gasteiger partial charge in [0.15, 0.2) is 12.4 Å². The molecule has 0 bridgehead atoms. The Balaban J connectivity index is 1.74. The maximum Gasteiger partial charge on any atom is 0.340 e. The van der Waals surface area contributed by atoms with Gasteiger partial charge in [0.25, 0.3) is 0 Å². The number of nitrogens with zero attached hydrogens (tertiary/aromatic N) is 2. The van der Waals surface area contributed by atoms with Gasteiger partial charge in [-0.2, -0.15) is 5.26 Å². The molecule has 28 heavy (non-hydrogen) atoms. The summed E-state index contributed by atoms with van der Waals surface area (Å²) >= 11 is 1.33. The van der Waals surface area contributed by atoms with Gasteiger partial charge >= 0.3 is 5.97 Å².